The number of hydrogen-bond donors (Lipinski definition) is 2. The van der Waals surface area contributed by atoms with Gasteiger partial charge in [0, 0.05) is 28.8 Å². The maximum atomic E-state index is 12.0. The molecule has 0 bridgehead atoms. The van der Waals surface area contributed by atoms with E-state index in [1.807, 2.05) is 31.2 Å². The Balaban J connectivity index is 1.82. The fraction of sp³-hybridized carbons (Fsp3) is 0.235. The third-order valence-corrected chi connectivity index (χ3v) is 4.44. The summed E-state index contributed by atoms with van der Waals surface area (Å²) >= 11 is 9.51. The number of ether oxygens (including phenoxy) is 1. The van der Waals surface area contributed by atoms with Crippen LogP contribution < -0.4 is 15.4 Å². The molecule has 0 heterocycles. The van der Waals surface area contributed by atoms with E-state index in [-0.39, 0.29) is 5.91 Å². The van der Waals surface area contributed by atoms with Crippen LogP contribution in [0, 0.1) is 6.92 Å². The highest BCUT2D eigenvalue weighted by atomic mass is 79.9. The molecule has 0 saturated heterocycles. The minimum atomic E-state index is -0.0483. The van der Waals surface area contributed by atoms with Gasteiger partial charge in [0.15, 0.2) is 0 Å². The normalized spacial score (nSPS) is 10.3. The fourth-order valence-electron chi connectivity index (χ4n) is 1.99. The van der Waals surface area contributed by atoms with Gasteiger partial charge in [0.05, 0.1) is 12.1 Å². The molecule has 0 unspecified atom stereocenters. The summed E-state index contributed by atoms with van der Waals surface area (Å²) in [6.45, 7) is 2.51. The van der Waals surface area contributed by atoms with E-state index < -0.39 is 0 Å². The Bertz CT molecular complexity index is 707. The molecule has 122 valence electrons. The highest BCUT2D eigenvalue weighted by molar-refractivity contribution is 9.10. The fourth-order valence-corrected chi connectivity index (χ4v) is 2.63. The standard InChI is InChI=1S/C17H18BrClN2O2/c1-11-3-4-13(9-14(11)18)21-17(22)7-8-20-12-5-6-16(23-2)15(19)10-12/h3-6,9-10,20H,7-8H2,1-2H3,(H,21,22). The van der Waals surface area contributed by atoms with Crippen molar-refractivity contribution in [3.8, 4) is 5.75 Å². The minimum absolute atomic E-state index is 0.0483. The molecule has 6 heteroatoms. The molecule has 4 nitrogen and oxygen atoms in total. The summed E-state index contributed by atoms with van der Waals surface area (Å²) in [6.07, 6.45) is 0.356. The number of methoxy groups -OCH3 is 1. The van der Waals surface area contributed by atoms with E-state index in [2.05, 4.69) is 26.6 Å². The van der Waals surface area contributed by atoms with Crippen LogP contribution in [0.1, 0.15) is 12.0 Å². The van der Waals surface area contributed by atoms with Crippen LogP contribution in [0.2, 0.25) is 5.02 Å². The van der Waals surface area contributed by atoms with Crippen LogP contribution in [0.15, 0.2) is 40.9 Å². The number of aryl methyl sites for hydroxylation is 1. The summed E-state index contributed by atoms with van der Waals surface area (Å²) in [5.41, 5.74) is 2.75. The van der Waals surface area contributed by atoms with Gasteiger partial charge in [-0.25, -0.2) is 0 Å². The Morgan fingerprint density at radius 3 is 2.61 bits per heavy atom. The quantitative estimate of drug-likeness (QED) is 0.732. The van der Waals surface area contributed by atoms with Crippen LogP contribution in [-0.2, 0) is 4.79 Å². The van der Waals surface area contributed by atoms with Crippen molar-refractivity contribution in [1.29, 1.82) is 0 Å². The first-order chi connectivity index (χ1) is 11.0. The number of hydrogen-bond acceptors (Lipinski definition) is 3. The predicted molar refractivity (Wildman–Crippen MR) is 98.6 cm³/mol. The summed E-state index contributed by atoms with van der Waals surface area (Å²) < 4.78 is 6.07. The molecule has 1 amide bonds. The average molecular weight is 398 g/mol. The third kappa shape index (κ3) is 5.15. The highest BCUT2D eigenvalue weighted by Gasteiger charge is 2.05. The molecule has 0 atom stereocenters. The van der Waals surface area contributed by atoms with Crippen LogP contribution >= 0.6 is 27.5 Å². The van der Waals surface area contributed by atoms with Crippen LogP contribution in [0.5, 0.6) is 5.75 Å². The molecule has 0 spiro atoms. The zero-order chi connectivity index (χ0) is 16.8. The molecule has 0 radical (unpaired) electrons. The zero-order valence-corrected chi connectivity index (χ0v) is 15.3. The Kier molecular flexibility index (Phi) is 6.30. The topological polar surface area (TPSA) is 50.4 Å². The Hall–Kier alpha value is -1.72. The lowest BCUT2D eigenvalue weighted by Gasteiger charge is -2.10. The van der Waals surface area contributed by atoms with Gasteiger partial charge in [0.25, 0.3) is 0 Å². The van der Waals surface area contributed by atoms with Gasteiger partial charge < -0.3 is 15.4 Å². The van der Waals surface area contributed by atoms with E-state index in [9.17, 15) is 4.79 Å². The van der Waals surface area contributed by atoms with E-state index in [0.29, 0.717) is 23.7 Å². The maximum Gasteiger partial charge on any atom is 0.226 e. The van der Waals surface area contributed by atoms with Gasteiger partial charge in [-0.2, -0.15) is 0 Å². The second-order valence-corrected chi connectivity index (χ2v) is 6.30. The monoisotopic (exact) mass is 396 g/mol. The van der Waals surface area contributed by atoms with Crippen molar-refractivity contribution in [2.75, 3.05) is 24.3 Å². The molecule has 0 aliphatic heterocycles. The van der Waals surface area contributed by atoms with Gasteiger partial charge in [0.2, 0.25) is 5.91 Å². The van der Waals surface area contributed by atoms with Gasteiger partial charge in [-0.3, -0.25) is 4.79 Å². The van der Waals surface area contributed by atoms with Gasteiger partial charge >= 0.3 is 0 Å². The summed E-state index contributed by atoms with van der Waals surface area (Å²) in [6, 6.07) is 11.2. The van der Waals surface area contributed by atoms with Crippen molar-refractivity contribution in [2.24, 2.45) is 0 Å². The van der Waals surface area contributed by atoms with Crippen molar-refractivity contribution in [1.82, 2.24) is 0 Å². The van der Waals surface area contributed by atoms with Crippen LogP contribution in [0.3, 0.4) is 0 Å². The van der Waals surface area contributed by atoms with E-state index >= 15 is 0 Å². The molecular formula is C17H18BrClN2O2. The lowest BCUT2D eigenvalue weighted by atomic mass is 10.2. The smallest absolute Gasteiger partial charge is 0.226 e. The molecule has 2 N–H and O–H groups in total. The molecule has 0 fully saturated rings. The minimum Gasteiger partial charge on any atom is -0.495 e. The molecular weight excluding hydrogens is 380 g/mol. The number of anilines is 2. The van der Waals surface area contributed by atoms with Gasteiger partial charge in [0.1, 0.15) is 5.75 Å². The Morgan fingerprint density at radius 1 is 1.22 bits per heavy atom. The lowest BCUT2D eigenvalue weighted by molar-refractivity contribution is -0.115. The number of halogens is 2. The summed E-state index contributed by atoms with van der Waals surface area (Å²) in [4.78, 5) is 12.0. The molecule has 23 heavy (non-hydrogen) atoms. The number of rotatable bonds is 6. The molecule has 0 aliphatic rings. The van der Waals surface area contributed by atoms with Gasteiger partial charge in [-0.1, -0.05) is 33.6 Å². The second kappa shape index (κ2) is 8.22. The van der Waals surface area contributed by atoms with Crippen molar-refractivity contribution in [3.05, 3.63) is 51.5 Å². The average Bonchev–Trinajstić information content (AvgIpc) is 2.51. The highest BCUT2D eigenvalue weighted by Crippen LogP contribution is 2.27. The van der Waals surface area contributed by atoms with Crippen molar-refractivity contribution in [2.45, 2.75) is 13.3 Å². The first-order valence-corrected chi connectivity index (χ1v) is 8.30. The van der Waals surface area contributed by atoms with Crippen molar-refractivity contribution < 1.29 is 9.53 Å². The first kappa shape index (κ1) is 17.6. The van der Waals surface area contributed by atoms with Crippen molar-refractivity contribution in [3.63, 3.8) is 0 Å². The molecule has 2 rings (SSSR count). The third-order valence-electron chi connectivity index (χ3n) is 3.29. The molecule has 0 aromatic heterocycles. The molecule has 2 aromatic rings. The number of carbonyl (C=O) groups is 1. The SMILES string of the molecule is COc1ccc(NCCC(=O)Nc2ccc(C)c(Br)c2)cc1Cl. The summed E-state index contributed by atoms with van der Waals surface area (Å²) in [5.74, 6) is 0.577. The number of carbonyl (C=O) groups excluding carboxylic acids is 1. The summed E-state index contributed by atoms with van der Waals surface area (Å²) in [5, 5.41) is 6.57. The summed E-state index contributed by atoms with van der Waals surface area (Å²) in [7, 11) is 1.57. The maximum absolute atomic E-state index is 12.0. The number of benzene rings is 2. The van der Waals surface area contributed by atoms with Crippen molar-refractivity contribution >= 4 is 44.8 Å². The lowest BCUT2D eigenvalue weighted by Crippen LogP contribution is -2.16. The second-order valence-electron chi connectivity index (χ2n) is 5.04. The van der Waals surface area contributed by atoms with Crippen LogP contribution in [0.4, 0.5) is 11.4 Å². The van der Waals surface area contributed by atoms with Crippen LogP contribution in [-0.4, -0.2) is 19.6 Å². The van der Waals surface area contributed by atoms with E-state index in [1.54, 1.807) is 19.2 Å². The molecule has 0 aliphatic carbocycles. The number of amides is 1. The van der Waals surface area contributed by atoms with Crippen LogP contribution in [0.25, 0.3) is 0 Å². The van der Waals surface area contributed by atoms with Gasteiger partial charge in [-0.15, -0.1) is 0 Å². The Morgan fingerprint density at radius 2 is 1.96 bits per heavy atom. The van der Waals surface area contributed by atoms with Gasteiger partial charge in [-0.05, 0) is 42.8 Å². The molecule has 0 saturated carbocycles. The van der Waals surface area contributed by atoms with E-state index in [1.165, 1.54) is 0 Å². The molecule has 2 aromatic carbocycles. The first-order valence-electron chi connectivity index (χ1n) is 7.13. The Labute approximate surface area is 149 Å². The number of nitrogens with one attached hydrogen (secondary N) is 2. The van der Waals surface area contributed by atoms with E-state index in [4.69, 9.17) is 16.3 Å². The zero-order valence-electron chi connectivity index (χ0n) is 13.0. The van der Waals surface area contributed by atoms with E-state index in [0.717, 1.165) is 21.4 Å². The predicted octanol–water partition coefficient (Wildman–Crippen LogP) is 4.86. The largest absolute Gasteiger partial charge is 0.495 e.